The van der Waals surface area contributed by atoms with E-state index in [0.717, 1.165) is 17.6 Å². The molecule has 1 unspecified atom stereocenters. The molecule has 2 heterocycles. The summed E-state index contributed by atoms with van der Waals surface area (Å²) in [4.78, 5) is 5.28. The Morgan fingerprint density at radius 3 is 3.06 bits per heavy atom. The predicted octanol–water partition coefficient (Wildman–Crippen LogP) is 3.01. The number of hydrogen-bond donors (Lipinski definition) is 0. The largest absolute Gasteiger partial charge is 0.298 e. The van der Waals surface area contributed by atoms with Crippen LogP contribution in [0.4, 0.5) is 0 Å². The zero-order valence-corrected chi connectivity index (χ0v) is 11.7. The summed E-state index contributed by atoms with van der Waals surface area (Å²) in [7, 11) is 0. The van der Waals surface area contributed by atoms with Crippen molar-refractivity contribution in [2.45, 2.75) is 38.4 Å². The molecule has 0 N–H and O–H groups in total. The first-order chi connectivity index (χ1) is 8.72. The van der Waals surface area contributed by atoms with Gasteiger partial charge in [0.1, 0.15) is 0 Å². The number of hydrogen-bond acceptors (Lipinski definition) is 2. The van der Waals surface area contributed by atoms with Gasteiger partial charge in [0.15, 0.2) is 0 Å². The Kier molecular flexibility index (Phi) is 3.60. The van der Waals surface area contributed by atoms with Crippen LogP contribution in [0.5, 0.6) is 0 Å². The molecule has 2 fully saturated rings. The summed E-state index contributed by atoms with van der Waals surface area (Å²) < 4.78 is 0. The van der Waals surface area contributed by atoms with Gasteiger partial charge in [-0.25, -0.2) is 0 Å². The fourth-order valence-electron chi connectivity index (χ4n) is 3.34. The number of rotatable bonds is 2. The molecule has 0 aromatic heterocycles. The van der Waals surface area contributed by atoms with Gasteiger partial charge in [-0.3, -0.25) is 9.80 Å². The van der Waals surface area contributed by atoms with Crippen molar-refractivity contribution in [3.8, 4) is 0 Å². The lowest BCUT2D eigenvalue weighted by molar-refractivity contribution is 0.0540. The molecule has 2 aliphatic heterocycles. The minimum atomic E-state index is 0.651. The van der Waals surface area contributed by atoms with Crippen LogP contribution in [-0.2, 0) is 6.54 Å². The van der Waals surface area contributed by atoms with E-state index in [1.165, 1.54) is 38.0 Å². The van der Waals surface area contributed by atoms with Crippen LogP contribution in [0.15, 0.2) is 24.3 Å². The summed E-state index contributed by atoms with van der Waals surface area (Å²) in [6.07, 6.45) is 2.75. The molecule has 1 aromatic rings. The van der Waals surface area contributed by atoms with E-state index in [1.54, 1.807) is 0 Å². The third kappa shape index (κ3) is 2.56. The van der Waals surface area contributed by atoms with Gasteiger partial charge >= 0.3 is 0 Å². The SMILES string of the molecule is C[C@@H]1CN2CCCC2CN1Cc1cccc(Cl)c1. The van der Waals surface area contributed by atoms with Crippen LogP contribution in [0.25, 0.3) is 0 Å². The molecule has 3 heteroatoms. The van der Waals surface area contributed by atoms with Crippen LogP contribution in [0.3, 0.4) is 0 Å². The number of nitrogens with zero attached hydrogens (tertiary/aromatic N) is 2. The molecular weight excluding hydrogens is 244 g/mol. The van der Waals surface area contributed by atoms with Crippen LogP contribution in [0.1, 0.15) is 25.3 Å². The highest BCUT2D eigenvalue weighted by Gasteiger charge is 2.34. The van der Waals surface area contributed by atoms with Gasteiger partial charge in [-0.2, -0.15) is 0 Å². The number of halogens is 1. The fraction of sp³-hybridized carbons (Fsp3) is 0.600. The van der Waals surface area contributed by atoms with Crippen LogP contribution in [0.2, 0.25) is 5.02 Å². The standard InChI is InChI=1S/C15H21ClN2/c1-12-9-17-7-3-6-15(17)11-18(12)10-13-4-2-5-14(16)8-13/h2,4-5,8,12,15H,3,6-7,9-11H2,1H3/t12-,15?/m1/s1. The van der Waals surface area contributed by atoms with E-state index in [2.05, 4.69) is 28.9 Å². The lowest BCUT2D eigenvalue weighted by Crippen LogP contribution is -2.54. The van der Waals surface area contributed by atoms with Gasteiger partial charge in [0.25, 0.3) is 0 Å². The molecule has 18 heavy (non-hydrogen) atoms. The molecule has 0 saturated carbocycles. The van der Waals surface area contributed by atoms with Crippen molar-refractivity contribution < 1.29 is 0 Å². The van der Waals surface area contributed by atoms with Crippen LogP contribution in [0, 0.1) is 0 Å². The Hall–Kier alpha value is -0.570. The van der Waals surface area contributed by atoms with E-state index in [4.69, 9.17) is 11.6 Å². The zero-order valence-electron chi connectivity index (χ0n) is 11.0. The van der Waals surface area contributed by atoms with E-state index in [-0.39, 0.29) is 0 Å². The quantitative estimate of drug-likeness (QED) is 0.810. The van der Waals surface area contributed by atoms with Crippen LogP contribution in [-0.4, -0.2) is 41.5 Å². The molecule has 2 nitrogen and oxygen atoms in total. The maximum atomic E-state index is 6.06. The Bertz CT molecular complexity index is 421. The van der Waals surface area contributed by atoms with Crippen molar-refractivity contribution in [3.63, 3.8) is 0 Å². The zero-order chi connectivity index (χ0) is 12.5. The molecule has 2 saturated heterocycles. The predicted molar refractivity (Wildman–Crippen MR) is 75.9 cm³/mol. The van der Waals surface area contributed by atoms with Crippen molar-refractivity contribution in [1.29, 1.82) is 0 Å². The first kappa shape index (κ1) is 12.5. The van der Waals surface area contributed by atoms with Gasteiger partial charge in [-0.15, -0.1) is 0 Å². The van der Waals surface area contributed by atoms with Crippen molar-refractivity contribution >= 4 is 11.6 Å². The van der Waals surface area contributed by atoms with Crippen molar-refractivity contribution in [3.05, 3.63) is 34.9 Å². The molecule has 0 bridgehead atoms. The van der Waals surface area contributed by atoms with E-state index in [1.807, 2.05) is 12.1 Å². The summed E-state index contributed by atoms with van der Waals surface area (Å²) in [6, 6.07) is 9.71. The van der Waals surface area contributed by atoms with E-state index in [0.29, 0.717) is 6.04 Å². The second-order valence-electron chi connectivity index (χ2n) is 5.70. The maximum absolute atomic E-state index is 6.06. The van der Waals surface area contributed by atoms with Gasteiger partial charge in [-0.1, -0.05) is 23.7 Å². The van der Waals surface area contributed by atoms with E-state index < -0.39 is 0 Å². The molecule has 1 aromatic carbocycles. The van der Waals surface area contributed by atoms with Gasteiger partial charge in [0.05, 0.1) is 0 Å². The first-order valence-electron chi connectivity index (χ1n) is 6.95. The lowest BCUT2D eigenvalue weighted by atomic mass is 10.1. The van der Waals surface area contributed by atoms with Crippen LogP contribution < -0.4 is 0 Å². The third-order valence-electron chi connectivity index (χ3n) is 4.34. The van der Waals surface area contributed by atoms with Gasteiger partial charge < -0.3 is 0 Å². The molecular formula is C15H21ClN2. The van der Waals surface area contributed by atoms with Crippen molar-refractivity contribution in [1.82, 2.24) is 9.80 Å². The molecule has 2 atom stereocenters. The second-order valence-corrected chi connectivity index (χ2v) is 6.14. The van der Waals surface area contributed by atoms with Crippen molar-refractivity contribution in [2.24, 2.45) is 0 Å². The van der Waals surface area contributed by atoms with Gasteiger partial charge in [0, 0.05) is 36.7 Å². The minimum Gasteiger partial charge on any atom is -0.298 e. The highest BCUT2D eigenvalue weighted by molar-refractivity contribution is 6.30. The average Bonchev–Trinajstić information content (AvgIpc) is 2.76. The van der Waals surface area contributed by atoms with Gasteiger partial charge in [0.2, 0.25) is 0 Å². The summed E-state index contributed by atoms with van der Waals surface area (Å²) in [5.41, 5.74) is 1.33. The lowest BCUT2D eigenvalue weighted by Gasteiger charge is -2.42. The Balaban J connectivity index is 1.68. The molecule has 0 spiro atoms. The highest BCUT2D eigenvalue weighted by atomic mass is 35.5. The Morgan fingerprint density at radius 1 is 1.33 bits per heavy atom. The molecule has 3 rings (SSSR count). The van der Waals surface area contributed by atoms with E-state index in [9.17, 15) is 0 Å². The van der Waals surface area contributed by atoms with Crippen molar-refractivity contribution in [2.75, 3.05) is 19.6 Å². The average molecular weight is 265 g/mol. The summed E-state index contributed by atoms with van der Waals surface area (Å²) in [6.45, 7) is 7.13. The smallest absolute Gasteiger partial charge is 0.0409 e. The Morgan fingerprint density at radius 2 is 2.22 bits per heavy atom. The summed E-state index contributed by atoms with van der Waals surface area (Å²) in [5.74, 6) is 0. The maximum Gasteiger partial charge on any atom is 0.0409 e. The number of piperazine rings is 1. The number of fused-ring (bicyclic) bond motifs is 1. The highest BCUT2D eigenvalue weighted by Crippen LogP contribution is 2.26. The minimum absolute atomic E-state index is 0.651. The normalized spacial score (nSPS) is 29.4. The molecule has 0 aliphatic carbocycles. The summed E-state index contributed by atoms with van der Waals surface area (Å²) in [5, 5.41) is 0.847. The fourth-order valence-corrected chi connectivity index (χ4v) is 3.55. The monoisotopic (exact) mass is 264 g/mol. The number of benzene rings is 1. The first-order valence-corrected chi connectivity index (χ1v) is 7.33. The molecule has 0 amide bonds. The molecule has 2 aliphatic rings. The Labute approximate surface area is 115 Å². The van der Waals surface area contributed by atoms with E-state index >= 15 is 0 Å². The topological polar surface area (TPSA) is 6.48 Å². The van der Waals surface area contributed by atoms with Crippen LogP contribution >= 0.6 is 11.6 Å². The molecule has 0 radical (unpaired) electrons. The second kappa shape index (κ2) is 5.20. The summed E-state index contributed by atoms with van der Waals surface area (Å²) >= 11 is 6.06. The third-order valence-corrected chi connectivity index (χ3v) is 4.58. The molecule has 98 valence electrons. The van der Waals surface area contributed by atoms with Gasteiger partial charge in [-0.05, 0) is 44.0 Å².